The number of nitrogens with zero attached hydrogens (tertiary/aromatic N) is 1. The van der Waals surface area contributed by atoms with Crippen LogP contribution in [-0.4, -0.2) is 16.0 Å². The number of hydrogen-bond donors (Lipinski definition) is 1. The van der Waals surface area contributed by atoms with E-state index in [0.29, 0.717) is 12.1 Å². The Morgan fingerprint density at radius 2 is 1.43 bits per heavy atom. The molecule has 5 nitrogen and oxygen atoms in total. The van der Waals surface area contributed by atoms with E-state index in [-0.39, 0.29) is 11.3 Å². The molecule has 23 heavy (non-hydrogen) atoms. The minimum absolute atomic E-state index is 0.236. The highest BCUT2D eigenvalue weighted by molar-refractivity contribution is 5.66. The summed E-state index contributed by atoms with van der Waals surface area (Å²) in [6.45, 7) is 2.05. The van der Waals surface area contributed by atoms with Crippen molar-refractivity contribution in [2.75, 3.05) is 0 Å². The highest BCUT2D eigenvalue weighted by Crippen LogP contribution is 2.14. The van der Waals surface area contributed by atoms with Crippen LogP contribution in [0.3, 0.4) is 0 Å². The molecule has 0 fully saturated rings. The molecule has 0 saturated carbocycles. The lowest BCUT2D eigenvalue weighted by atomic mass is 10.1. The average Bonchev–Trinajstić information content (AvgIpc) is 2.50. The first-order valence-corrected chi connectivity index (χ1v) is 9.13. The number of carboxylic acids is 1. The van der Waals surface area contributed by atoms with E-state index in [1.54, 1.807) is 6.08 Å². The van der Waals surface area contributed by atoms with Crippen LogP contribution < -0.4 is 0 Å². The van der Waals surface area contributed by atoms with E-state index >= 15 is 0 Å². The lowest BCUT2D eigenvalue weighted by molar-refractivity contribution is -0.428. The SMILES string of the molecule is CCCCC(=CCCCCCCCCCCCC(=O)O)[N+](=O)[O-]. The molecule has 0 aliphatic heterocycles. The molecule has 5 heteroatoms. The quantitative estimate of drug-likeness (QED) is 0.223. The average molecular weight is 327 g/mol. The second-order valence-electron chi connectivity index (χ2n) is 6.17. The third kappa shape index (κ3) is 15.3. The molecule has 1 N–H and O–H groups in total. The molecular weight excluding hydrogens is 294 g/mol. The van der Waals surface area contributed by atoms with Gasteiger partial charge < -0.3 is 5.11 Å². The van der Waals surface area contributed by atoms with Crippen molar-refractivity contribution in [3.8, 4) is 0 Å². The van der Waals surface area contributed by atoms with Crippen LogP contribution in [0.15, 0.2) is 11.8 Å². The number of rotatable bonds is 16. The van der Waals surface area contributed by atoms with E-state index in [1.165, 1.54) is 25.7 Å². The van der Waals surface area contributed by atoms with Gasteiger partial charge in [0.1, 0.15) is 0 Å². The van der Waals surface area contributed by atoms with Crippen LogP contribution in [-0.2, 0) is 4.79 Å². The smallest absolute Gasteiger partial charge is 0.303 e. The van der Waals surface area contributed by atoms with Crippen molar-refractivity contribution in [1.29, 1.82) is 0 Å². The van der Waals surface area contributed by atoms with Gasteiger partial charge in [-0.25, -0.2) is 0 Å². The largest absolute Gasteiger partial charge is 0.481 e. The van der Waals surface area contributed by atoms with Crippen LogP contribution in [0.1, 0.15) is 96.8 Å². The molecule has 0 rings (SSSR count). The van der Waals surface area contributed by atoms with Crippen LogP contribution in [0.2, 0.25) is 0 Å². The molecule has 0 heterocycles. The third-order valence-corrected chi connectivity index (χ3v) is 4.00. The summed E-state index contributed by atoms with van der Waals surface area (Å²) in [6.07, 6.45) is 15.2. The van der Waals surface area contributed by atoms with Crippen molar-refractivity contribution in [2.24, 2.45) is 0 Å². The number of carboxylic acid groups (broad SMARTS) is 1. The first-order chi connectivity index (χ1) is 11.1. The summed E-state index contributed by atoms with van der Waals surface area (Å²) in [7, 11) is 0. The van der Waals surface area contributed by atoms with Gasteiger partial charge in [-0.1, -0.05) is 58.3 Å². The summed E-state index contributed by atoms with van der Waals surface area (Å²) in [5.41, 5.74) is 0.383. The summed E-state index contributed by atoms with van der Waals surface area (Å²) in [4.78, 5) is 21.0. The maximum Gasteiger partial charge on any atom is 0.303 e. The molecule has 0 unspecified atom stereocenters. The molecule has 0 atom stereocenters. The summed E-state index contributed by atoms with van der Waals surface area (Å²) < 4.78 is 0. The maximum absolute atomic E-state index is 10.9. The van der Waals surface area contributed by atoms with E-state index in [2.05, 4.69) is 0 Å². The summed E-state index contributed by atoms with van der Waals surface area (Å²) in [6, 6.07) is 0. The molecular formula is C18H33NO4. The zero-order valence-electron chi connectivity index (χ0n) is 14.6. The number of carbonyl (C=O) groups is 1. The van der Waals surface area contributed by atoms with Crippen molar-refractivity contribution < 1.29 is 14.8 Å². The van der Waals surface area contributed by atoms with Gasteiger partial charge in [-0.05, 0) is 31.8 Å². The number of hydrogen-bond acceptors (Lipinski definition) is 3. The topological polar surface area (TPSA) is 80.4 Å². The fourth-order valence-corrected chi connectivity index (χ4v) is 2.55. The highest BCUT2D eigenvalue weighted by atomic mass is 16.6. The van der Waals surface area contributed by atoms with Crippen LogP contribution in [0, 0.1) is 10.1 Å². The van der Waals surface area contributed by atoms with Gasteiger partial charge in [0, 0.05) is 12.8 Å². The van der Waals surface area contributed by atoms with Gasteiger partial charge in [-0.2, -0.15) is 0 Å². The van der Waals surface area contributed by atoms with Gasteiger partial charge in [-0.15, -0.1) is 0 Å². The maximum atomic E-state index is 10.9. The van der Waals surface area contributed by atoms with Crippen molar-refractivity contribution in [3.63, 3.8) is 0 Å². The molecule has 0 spiro atoms. The van der Waals surface area contributed by atoms with Crippen LogP contribution in [0.4, 0.5) is 0 Å². The number of unbranched alkanes of at least 4 members (excludes halogenated alkanes) is 10. The zero-order valence-corrected chi connectivity index (χ0v) is 14.6. The van der Waals surface area contributed by atoms with Gasteiger partial charge in [0.2, 0.25) is 5.70 Å². The Labute approximate surface area is 140 Å². The minimum atomic E-state index is -0.700. The van der Waals surface area contributed by atoms with Crippen molar-refractivity contribution in [1.82, 2.24) is 0 Å². The second-order valence-corrected chi connectivity index (χ2v) is 6.17. The first-order valence-electron chi connectivity index (χ1n) is 9.13. The van der Waals surface area contributed by atoms with E-state index < -0.39 is 5.97 Å². The fraction of sp³-hybridized carbons (Fsp3) is 0.833. The van der Waals surface area contributed by atoms with Gasteiger partial charge in [0.05, 0.1) is 4.92 Å². The summed E-state index contributed by atoms with van der Waals surface area (Å²) >= 11 is 0. The molecule has 0 aliphatic carbocycles. The Hall–Kier alpha value is -1.39. The molecule has 0 aromatic carbocycles. The number of aliphatic carboxylic acids is 1. The van der Waals surface area contributed by atoms with Crippen molar-refractivity contribution in [3.05, 3.63) is 21.9 Å². The molecule has 0 radical (unpaired) electrons. The molecule has 0 saturated heterocycles. The molecule has 0 bridgehead atoms. The van der Waals surface area contributed by atoms with E-state index in [4.69, 9.17) is 5.11 Å². The summed E-state index contributed by atoms with van der Waals surface area (Å²) in [5, 5.41) is 19.4. The van der Waals surface area contributed by atoms with Crippen LogP contribution >= 0.6 is 0 Å². The first kappa shape index (κ1) is 21.6. The predicted octanol–water partition coefficient (Wildman–Crippen LogP) is 5.71. The molecule has 0 aliphatic rings. The zero-order chi connectivity index (χ0) is 17.3. The Kier molecular flexibility index (Phi) is 14.6. The monoisotopic (exact) mass is 327 g/mol. The lowest BCUT2D eigenvalue weighted by Crippen LogP contribution is -1.98. The Balaban J connectivity index is 3.44. The molecule has 134 valence electrons. The van der Waals surface area contributed by atoms with Gasteiger partial charge in [0.25, 0.3) is 0 Å². The number of allylic oxidation sites excluding steroid dienone is 2. The van der Waals surface area contributed by atoms with E-state index in [0.717, 1.165) is 51.4 Å². The molecule has 0 aromatic heterocycles. The second kappa shape index (κ2) is 15.5. The van der Waals surface area contributed by atoms with Crippen LogP contribution in [0.25, 0.3) is 0 Å². The van der Waals surface area contributed by atoms with Gasteiger partial charge in [0.15, 0.2) is 0 Å². The normalized spacial score (nSPS) is 11.6. The van der Waals surface area contributed by atoms with Gasteiger partial charge in [-0.3, -0.25) is 14.9 Å². The highest BCUT2D eigenvalue weighted by Gasteiger charge is 2.08. The number of nitro groups is 1. The molecule has 0 amide bonds. The predicted molar refractivity (Wildman–Crippen MR) is 93.0 cm³/mol. The standard InChI is InChI=1S/C18H33NO4/c1-2-3-14-17(19(22)23)15-12-10-8-6-4-5-7-9-11-13-16-18(20)21/h15H,2-14,16H2,1H3,(H,20,21). The van der Waals surface area contributed by atoms with E-state index in [9.17, 15) is 14.9 Å². The van der Waals surface area contributed by atoms with Crippen LogP contribution in [0.5, 0.6) is 0 Å². The minimum Gasteiger partial charge on any atom is -0.481 e. The Morgan fingerprint density at radius 1 is 0.913 bits per heavy atom. The van der Waals surface area contributed by atoms with Crippen molar-refractivity contribution in [2.45, 2.75) is 96.8 Å². The molecule has 0 aromatic rings. The van der Waals surface area contributed by atoms with Crippen molar-refractivity contribution >= 4 is 5.97 Å². The Bertz CT molecular complexity index is 353. The third-order valence-electron chi connectivity index (χ3n) is 4.00. The van der Waals surface area contributed by atoms with Gasteiger partial charge >= 0.3 is 5.97 Å². The Morgan fingerprint density at radius 3 is 1.91 bits per heavy atom. The van der Waals surface area contributed by atoms with E-state index in [1.807, 2.05) is 6.92 Å². The fourth-order valence-electron chi connectivity index (χ4n) is 2.55. The lowest BCUT2D eigenvalue weighted by Gasteiger charge is -2.02. The summed E-state index contributed by atoms with van der Waals surface area (Å²) in [5.74, 6) is -0.700.